The van der Waals surface area contributed by atoms with Crippen LogP contribution in [-0.4, -0.2) is 20.4 Å². The molecule has 0 saturated carbocycles. The van der Waals surface area contributed by atoms with E-state index in [9.17, 15) is 18.0 Å². The molecule has 0 aliphatic rings. The van der Waals surface area contributed by atoms with Crippen molar-refractivity contribution >= 4 is 38.6 Å². The van der Waals surface area contributed by atoms with Crippen molar-refractivity contribution in [3.63, 3.8) is 0 Å². The molecule has 0 amide bonds. The number of carbonyl (C=O) groups excluding carboxylic acids is 1. The number of carbonyl (C=O) groups is 1. The van der Waals surface area contributed by atoms with Crippen molar-refractivity contribution in [3.05, 3.63) is 104 Å². The average Bonchev–Trinajstić information content (AvgIpc) is 2.87. The molecule has 0 unspecified atom stereocenters. The molecule has 1 aromatic heterocycles. The van der Waals surface area contributed by atoms with Gasteiger partial charge in [-0.1, -0.05) is 66.6 Å². The van der Waals surface area contributed by atoms with E-state index < -0.39 is 27.7 Å². The second-order valence-corrected chi connectivity index (χ2v) is 10.9. The lowest BCUT2D eigenvalue weighted by atomic mass is 9.99. The van der Waals surface area contributed by atoms with Gasteiger partial charge in [0.2, 0.25) is 10.0 Å². The van der Waals surface area contributed by atoms with Gasteiger partial charge in [-0.3, -0.25) is 0 Å². The first-order valence-corrected chi connectivity index (χ1v) is 13.6. The SMILES string of the molecule is CC[C@H](NS(=O)(=O)c1ccc(C)cc1)C(=O)Oc1cc2oc(=O)c(Cc3ccccc3)c(C)c2cc1Cl. The van der Waals surface area contributed by atoms with Crippen LogP contribution in [0.4, 0.5) is 0 Å². The molecule has 0 aliphatic heterocycles. The first-order valence-electron chi connectivity index (χ1n) is 11.7. The molecule has 4 aromatic rings. The standard InChI is InChI=1S/C28H26ClNO6S/c1-4-24(30-37(33,34)20-12-10-17(2)11-13-20)28(32)36-26-16-25-21(15-23(26)29)18(3)22(27(31)35-25)14-19-8-6-5-7-9-19/h5-13,15-16,24,30H,4,14H2,1-3H3/t24-/m0/s1. The van der Waals surface area contributed by atoms with Crippen LogP contribution in [0.2, 0.25) is 5.02 Å². The van der Waals surface area contributed by atoms with E-state index in [1.807, 2.05) is 44.2 Å². The van der Waals surface area contributed by atoms with Crippen molar-refractivity contribution in [1.82, 2.24) is 4.72 Å². The van der Waals surface area contributed by atoms with Crippen molar-refractivity contribution in [2.75, 3.05) is 0 Å². The summed E-state index contributed by atoms with van der Waals surface area (Å²) >= 11 is 6.43. The molecule has 1 atom stereocenters. The summed E-state index contributed by atoms with van der Waals surface area (Å²) in [6.07, 6.45) is 0.546. The molecule has 0 fully saturated rings. The highest BCUT2D eigenvalue weighted by Gasteiger charge is 2.27. The van der Waals surface area contributed by atoms with Crippen LogP contribution in [0.1, 0.15) is 35.6 Å². The highest BCUT2D eigenvalue weighted by atomic mass is 35.5. The van der Waals surface area contributed by atoms with Crippen LogP contribution in [-0.2, 0) is 21.2 Å². The van der Waals surface area contributed by atoms with Gasteiger partial charge < -0.3 is 9.15 Å². The molecule has 192 valence electrons. The smallest absolute Gasteiger partial charge is 0.340 e. The molecule has 0 saturated heterocycles. The predicted molar refractivity (Wildman–Crippen MR) is 143 cm³/mol. The summed E-state index contributed by atoms with van der Waals surface area (Å²) in [4.78, 5) is 25.7. The van der Waals surface area contributed by atoms with Gasteiger partial charge in [0, 0.05) is 23.4 Å². The number of fused-ring (bicyclic) bond motifs is 1. The Morgan fingerprint density at radius 3 is 2.38 bits per heavy atom. The minimum Gasteiger partial charge on any atom is -0.424 e. The summed E-state index contributed by atoms with van der Waals surface area (Å²) in [5.74, 6) is -0.871. The third-order valence-corrected chi connectivity index (χ3v) is 7.88. The van der Waals surface area contributed by atoms with Gasteiger partial charge >= 0.3 is 11.6 Å². The zero-order valence-corrected chi connectivity index (χ0v) is 22.2. The van der Waals surface area contributed by atoms with Crippen LogP contribution in [0.25, 0.3) is 11.0 Å². The summed E-state index contributed by atoms with van der Waals surface area (Å²) in [5, 5.41) is 0.738. The number of hydrogen-bond acceptors (Lipinski definition) is 6. The van der Waals surface area contributed by atoms with Gasteiger partial charge in [0.15, 0.2) is 5.75 Å². The monoisotopic (exact) mass is 539 g/mol. The Labute approximate surface area is 220 Å². The quantitative estimate of drug-likeness (QED) is 0.185. The lowest BCUT2D eigenvalue weighted by Crippen LogP contribution is -2.42. The zero-order chi connectivity index (χ0) is 26.7. The van der Waals surface area contributed by atoms with Gasteiger partial charge in [0.05, 0.1) is 9.92 Å². The molecule has 0 bridgehead atoms. The Bertz CT molecular complexity index is 1610. The highest BCUT2D eigenvalue weighted by Crippen LogP contribution is 2.32. The minimum absolute atomic E-state index is 0.0366. The summed E-state index contributed by atoms with van der Waals surface area (Å²) in [7, 11) is -3.96. The number of aryl methyl sites for hydroxylation is 2. The number of esters is 1. The van der Waals surface area contributed by atoms with Crippen LogP contribution in [0, 0.1) is 13.8 Å². The van der Waals surface area contributed by atoms with Crippen LogP contribution in [0.3, 0.4) is 0 Å². The highest BCUT2D eigenvalue weighted by molar-refractivity contribution is 7.89. The van der Waals surface area contributed by atoms with E-state index in [-0.39, 0.29) is 27.7 Å². The lowest BCUT2D eigenvalue weighted by molar-refractivity contribution is -0.136. The fourth-order valence-electron chi connectivity index (χ4n) is 3.92. The molecule has 37 heavy (non-hydrogen) atoms. The number of hydrogen-bond donors (Lipinski definition) is 1. The first-order chi connectivity index (χ1) is 17.6. The van der Waals surface area contributed by atoms with Gasteiger partial charge in [0.25, 0.3) is 0 Å². The summed E-state index contributed by atoms with van der Waals surface area (Å²) in [5.41, 5.74) is 2.81. The maximum Gasteiger partial charge on any atom is 0.340 e. The maximum absolute atomic E-state index is 12.9. The maximum atomic E-state index is 12.9. The van der Waals surface area contributed by atoms with E-state index in [1.165, 1.54) is 18.2 Å². The number of sulfonamides is 1. The summed E-state index contributed by atoms with van der Waals surface area (Å²) < 4.78 is 38.9. The first kappa shape index (κ1) is 26.6. The lowest BCUT2D eigenvalue weighted by Gasteiger charge is -2.17. The molecule has 1 heterocycles. The van der Waals surface area contributed by atoms with Crippen LogP contribution in [0.15, 0.2) is 80.8 Å². The van der Waals surface area contributed by atoms with Crippen LogP contribution < -0.4 is 15.1 Å². The number of benzene rings is 3. The van der Waals surface area contributed by atoms with E-state index in [0.717, 1.165) is 11.1 Å². The Hall–Kier alpha value is -3.46. The molecule has 0 aliphatic carbocycles. The van der Waals surface area contributed by atoms with Gasteiger partial charge in [-0.25, -0.2) is 18.0 Å². The van der Waals surface area contributed by atoms with Crippen LogP contribution >= 0.6 is 11.6 Å². The predicted octanol–water partition coefficient (Wildman–Crippen LogP) is 5.32. The molecule has 0 spiro atoms. The fourth-order valence-corrected chi connectivity index (χ4v) is 5.39. The summed E-state index contributed by atoms with van der Waals surface area (Å²) in [6.45, 7) is 5.31. The third kappa shape index (κ3) is 5.93. The van der Waals surface area contributed by atoms with E-state index in [4.69, 9.17) is 20.8 Å². The van der Waals surface area contributed by atoms with Crippen molar-refractivity contribution in [2.24, 2.45) is 0 Å². The third-order valence-electron chi connectivity index (χ3n) is 6.10. The number of ether oxygens (including phenoxy) is 1. The molecule has 1 N–H and O–H groups in total. The van der Waals surface area contributed by atoms with Crippen molar-refractivity contribution in [3.8, 4) is 5.75 Å². The molecule has 3 aromatic carbocycles. The van der Waals surface area contributed by atoms with Gasteiger partial charge in [-0.2, -0.15) is 4.72 Å². The van der Waals surface area contributed by atoms with Crippen molar-refractivity contribution in [1.29, 1.82) is 0 Å². The number of nitrogens with one attached hydrogen (secondary N) is 1. The van der Waals surface area contributed by atoms with Gasteiger partial charge in [-0.05, 0) is 49.6 Å². The second-order valence-electron chi connectivity index (χ2n) is 8.75. The Morgan fingerprint density at radius 2 is 1.73 bits per heavy atom. The molecule has 0 radical (unpaired) electrons. The molecule has 9 heteroatoms. The number of halogens is 1. The molecular formula is C28H26ClNO6S. The van der Waals surface area contributed by atoms with Crippen molar-refractivity contribution in [2.45, 2.75) is 44.6 Å². The number of rotatable bonds is 8. The normalized spacial score (nSPS) is 12.4. The van der Waals surface area contributed by atoms with E-state index >= 15 is 0 Å². The Balaban J connectivity index is 1.59. The van der Waals surface area contributed by atoms with Gasteiger partial charge in [-0.15, -0.1) is 0 Å². The van der Waals surface area contributed by atoms with Crippen LogP contribution in [0.5, 0.6) is 5.75 Å². The van der Waals surface area contributed by atoms with E-state index in [1.54, 1.807) is 25.1 Å². The average molecular weight is 540 g/mol. The largest absolute Gasteiger partial charge is 0.424 e. The molecule has 7 nitrogen and oxygen atoms in total. The second kappa shape index (κ2) is 10.9. The van der Waals surface area contributed by atoms with Gasteiger partial charge in [0.1, 0.15) is 11.6 Å². The Kier molecular flexibility index (Phi) is 7.82. The molecule has 4 rings (SSSR count). The van der Waals surface area contributed by atoms with E-state index in [2.05, 4.69) is 4.72 Å². The minimum atomic E-state index is -3.96. The van der Waals surface area contributed by atoms with E-state index in [0.29, 0.717) is 22.9 Å². The molecular weight excluding hydrogens is 514 g/mol. The zero-order valence-electron chi connectivity index (χ0n) is 20.6. The fraction of sp³-hybridized carbons (Fsp3) is 0.214. The van der Waals surface area contributed by atoms with Crippen molar-refractivity contribution < 1.29 is 22.4 Å². The topological polar surface area (TPSA) is 103 Å². The Morgan fingerprint density at radius 1 is 1.05 bits per heavy atom. The summed E-state index contributed by atoms with van der Waals surface area (Å²) in [6, 6.07) is 17.6.